The number of aromatic nitrogens is 4. The van der Waals surface area contributed by atoms with Crippen LogP contribution in [0.1, 0.15) is 26.8 Å². The highest BCUT2D eigenvalue weighted by Gasteiger charge is 2.31. The van der Waals surface area contributed by atoms with Gasteiger partial charge in [0.25, 0.3) is 5.56 Å². The molecule has 0 saturated carbocycles. The van der Waals surface area contributed by atoms with E-state index in [1.165, 1.54) is 16.6 Å². The van der Waals surface area contributed by atoms with E-state index >= 15 is 0 Å². The molecule has 25 heavy (non-hydrogen) atoms. The molecule has 0 N–H and O–H groups in total. The quantitative estimate of drug-likeness (QED) is 0.709. The van der Waals surface area contributed by atoms with Crippen LogP contribution in [0.3, 0.4) is 0 Å². The van der Waals surface area contributed by atoms with Crippen LogP contribution in [0.15, 0.2) is 14.7 Å². The number of nitrogens with zero attached hydrogens (tertiary/aromatic N) is 6. The Labute approximate surface area is 142 Å². The molecule has 0 aromatic carbocycles. The summed E-state index contributed by atoms with van der Waals surface area (Å²) in [5, 5.41) is 5.80. The number of imidazole rings is 1. The fourth-order valence-electron chi connectivity index (χ4n) is 2.89. The molecule has 0 spiro atoms. The van der Waals surface area contributed by atoms with E-state index in [1.807, 2.05) is 13.8 Å². The minimum Gasteiger partial charge on any atom is -0.465 e. The summed E-state index contributed by atoms with van der Waals surface area (Å²) >= 11 is 0. The molecule has 0 amide bonds. The Balaban J connectivity index is 2.28. The molecule has 3 rings (SSSR count). The average Bonchev–Trinajstić information content (AvgIpc) is 2.97. The third kappa shape index (κ3) is 2.44. The second-order valence-corrected chi connectivity index (χ2v) is 5.94. The fourth-order valence-corrected chi connectivity index (χ4v) is 2.89. The van der Waals surface area contributed by atoms with E-state index < -0.39 is 17.2 Å². The second-order valence-electron chi connectivity index (χ2n) is 5.94. The summed E-state index contributed by atoms with van der Waals surface area (Å²) in [7, 11) is 2.98. The normalized spacial score (nSPS) is 16.8. The molecule has 3 heterocycles. The number of hydrogen-bond acceptors (Lipinski definition) is 7. The van der Waals surface area contributed by atoms with Crippen LogP contribution < -0.4 is 16.3 Å². The molecule has 0 fully saturated rings. The second kappa shape index (κ2) is 5.87. The Kier molecular flexibility index (Phi) is 3.97. The lowest BCUT2D eigenvalue weighted by Gasteiger charge is -2.28. The molecule has 0 aliphatic carbocycles. The van der Waals surface area contributed by atoms with Crippen LogP contribution >= 0.6 is 0 Å². The molecular formula is C15H20N6O4. The summed E-state index contributed by atoms with van der Waals surface area (Å²) in [6.45, 7) is 5.55. The third-order valence-electron chi connectivity index (χ3n) is 4.36. The number of carbonyl (C=O) groups excluding carboxylic acids is 1. The van der Waals surface area contributed by atoms with E-state index in [1.54, 1.807) is 18.5 Å². The first-order chi connectivity index (χ1) is 11.8. The maximum atomic E-state index is 12.7. The first kappa shape index (κ1) is 16.9. The van der Waals surface area contributed by atoms with Gasteiger partial charge in [-0.25, -0.2) is 9.80 Å². The van der Waals surface area contributed by atoms with E-state index in [0.717, 1.165) is 4.57 Å². The minimum absolute atomic E-state index is 0.129. The van der Waals surface area contributed by atoms with E-state index in [4.69, 9.17) is 4.74 Å². The molecule has 0 radical (unpaired) electrons. The highest BCUT2D eigenvalue weighted by atomic mass is 16.5. The van der Waals surface area contributed by atoms with Crippen molar-refractivity contribution in [2.24, 2.45) is 19.2 Å². The summed E-state index contributed by atoms with van der Waals surface area (Å²) in [6, 6.07) is -0.233. The zero-order valence-electron chi connectivity index (χ0n) is 14.8. The summed E-state index contributed by atoms with van der Waals surface area (Å²) in [5.74, 6) is -0.117. The fraction of sp³-hybridized carbons (Fsp3) is 0.533. The summed E-state index contributed by atoms with van der Waals surface area (Å²) in [4.78, 5) is 41.1. The van der Waals surface area contributed by atoms with Gasteiger partial charge in [-0.1, -0.05) is 0 Å². The molecule has 1 atom stereocenters. The number of carbonyl (C=O) groups is 1. The van der Waals surface area contributed by atoms with Crippen molar-refractivity contribution in [2.45, 2.75) is 26.8 Å². The monoisotopic (exact) mass is 348 g/mol. The Hall–Kier alpha value is -2.91. The molecule has 2 aromatic rings. The largest absolute Gasteiger partial charge is 0.465 e. The van der Waals surface area contributed by atoms with Crippen molar-refractivity contribution in [3.8, 4) is 0 Å². The van der Waals surface area contributed by atoms with Gasteiger partial charge in [-0.2, -0.15) is 10.1 Å². The average molecular weight is 348 g/mol. The lowest BCUT2D eigenvalue weighted by molar-refractivity contribution is -0.141. The van der Waals surface area contributed by atoms with Gasteiger partial charge < -0.3 is 4.74 Å². The maximum Gasteiger partial charge on any atom is 0.332 e. The number of esters is 1. The van der Waals surface area contributed by atoms with Crippen LogP contribution in [0.25, 0.3) is 11.2 Å². The number of aryl methyl sites for hydroxylation is 1. The van der Waals surface area contributed by atoms with Crippen molar-refractivity contribution in [2.75, 3.05) is 18.2 Å². The predicted molar refractivity (Wildman–Crippen MR) is 92.0 cm³/mol. The van der Waals surface area contributed by atoms with Crippen LogP contribution in [-0.4, -0.2) is 43.5 Å². The van der Waals surface area contributed by atoms with Crippen LogP contribution in [0.2, 0.25) is 0 Å². The molecule has 1 aliphatic heterocycles. The Morgan fingerprint density at radius 3 is 2.56 bits per heavy atom. The van der Waals surface area contributed by atoms with Crippen molar-refractivity contribution in [3.63, 3.8) is 0 Å². The molecule has 0 bridgehead atoms. The third-order valence-corrected chi connectivity index (χ3v) is 4.36. The highest BCUT2D eigenvalue weighted by Crippen LogP contribution is 2.29. The standard InChI is InChI=1S/C15H20N6O4/c1-6-25-10(22)7-20-14-16-12-11(21(14)9(3)8(2)17-20)13(23)19(5)15(24)18(12)4/h9H,6-7H2,1-5H3/t9-/m0/s1. The van der Waals surface area contributed by atoms with E-state index in [9.17, 15) is 14.4 Å². The van der Waals surface area contributed by atoms with Crippen molar-refractivity contribution >= 4 is 28.8 Å². The van der Waals surface area contributed by atoms with Gasteiger partial charge >= 0.3 is 11.7 Å². The SMILES string of the molecule is CCOC(=O)CN1N=C(C)[C@H](C)n2c1nc1c2c(=O)n(C)c(=O)n1C. The molecule has 10 heteroatoms. The van der Waals surface area contributed by atoms with Gasteiger partial charge in [-0.05, 0) is 20.8 Å². The number of hydrogen-bond donors (Lipinski definition) is 0. The first-order valence-electron chi connectivity index (χ1n) is 7.94. The summed E-state index contributed by atoms with van der Waals surface area (Å²) in [6.07, 6.45) is 0. The molecule has 1 aliphatic rings. The van der Waals surface area contributed by atoms with Gasteiger partial charge in [0.2, 0.25) is 5.95 Å². The van der Waals surface area contributed by atoms with E-state index in [2.05, 4.69) is 10.1 Å². The van der Waals surface area contributed by atoms with Crippen LogP contribution in [0.4, 0.5) is 5.95 Å². The molecule has 0 saturated heterocycles. The van der Waals surface area contributed by atoms with Crippen molar-refractivity contribution < 1.29 is 9.53 Å². The van der Waals surface area contributed by atoms with Gasteiger partial charge in [-0.15, -0.1) is 0 Å². The zero-order chi connectivity index (χ0) is 18.5. The van der Waals surface area contributed by atoms with Gasteiger partial charge in [0, 0.05) is 14.1 Å². The van der Waals surface area contributed by atoms with Gasteiger partial charge in [-0.3, -0.25) is 23.3 Å². The summed E-state index contributed by atoms with van der Waals surface area (Å²) in [5.41, 5.74) is 0.376. The molecule has 2 aromatic heterocycles. The molecular weight excluding hydrogens is 328 g/mol. The highest BCUT2D eigenvalue weighted by molar-refractivity contribution is 5.92. The minimum atomic E-state index is -0.463. The number of anilines is 1. The first-order valence-corrected chi connectivity index (χ1v) is 7.94. The van der Waals surface area contributed by atoms with Crippen molar-refractivity contribution in [1.29, 1.82) is 0 Å². The smallest absolute Gasteiger partial charge is 0.332 e. The van der Waals surface area contributed by atoms with Gasteiger partial charge in [0.05, 0.1) is 18.4 Å². The number of hydrazone groups is 1. The summed E-state index contributed by atoms with van der Waals surface area (Å²) < 4.78 is 9.04. The number of ether oxygens (including phenoxy) is 1. The lowest BCUT2D eigenvalue weighted by atomic mass is 10.2. The van der Waals surface area contributed by atoms with Gasteiger partial charge in [0.15, 0.2) is 11.2 Å². The Bertz CT molecular complexity index is 1010. The lowest BCUT2D eigenvalue weighted by Crippen LogP contribution is -2.39. The van der Waals surface area contributed by atoms with Crippen molar-refractivity contribution in [1.82, 2.24) is 18.7 Å². The van der Waals surface area contributed by atoms with Crippen molar-refractivity contribution in [3.05, 3.63) is 20.8 Å². The van der Waals surface area contributed by atoms with Crippen LogP contribution in [-0.2, 0) is 23.6 Å². The van der Waals surface area contributed by atoms with E-state index in [0.29, 0.717) is 17.2 Å². The Morgan fingerprint density at radius 1 is 1.24 bits per heavy atom. The molecule has 0 unspecified atom stereocenters. The Morgan fingerprint density at radius 2 is 1.92 bits per heavy atom. The topological polar surface area (TPSA) is 104 Å². The zero-order valence-corrected chi connectivity index (χ0v) is 14.8. The van der Waals surface area contributed by atoms with Crippen LogP contribution in [0, 0.1) is 0 Å². The molecule has 134 valence electrons. The molecule has 10 nitrogen and oxygen atoms in total. The van der Waals surface area contributed by atoms with E-state index in [-0.39, 0.29) is 24.8 Å². The number of fused-ring (bicyclic) bond motifs is 3. The predicted octanol–water partition coefficient (Wildman–Crippen LogP) is -0.246. The maximum absolute atomic E-state index is 12.7. The number of rotatable bonds is 3. The van der Waals surface area contributed by atoms with Gasteiger partial charge in [0.1, 0.15) is 6.54 Å². The van der Waals surface area contributed by atoms with Crippen LogP contribution in [0.5, 0.6) is 0 Å².